The van der Waals surface area contributed by atoms with Crippen LogP contribution >= 0.6 is 11.5 Å². The molecule has 0 radical (unpaired) electrons. The zero-order chi connectivity index (χ0) is 17.5. The molecule has 128 valence electrons. The lowest BCUT2D eigenvalue weighted by atomic mass is 10.1. The van der Waals surface area contributed by atoms with Crippen LogP contribution in [-0.4, -0.2) is 29.7 Å². The van der Waals surface area contributed by atoms with Gasteiger partial charge in [-0.15, -0.1) is 11.7 Å². The summed E-state index contributed by atoms with van der Waals surface area (Å²) in [6, 6.07) is 3.84. The molecule has 0 fully saturated rings. The molecular formula is C17H21N3O3S. The summed E-state index contributed by atoms with van der Waals surface area (Å²) in [4.78, 5) is 12.9. The maximum absolute atomic E-state index is 12.3. The number of nitrogens with one attached hydrogen (secondary N) is 1. The van der Waals surface area contributed by atoms with E-state index in [-0.39, 0.29) is 5.91 Å². The summed E-state index contributed by atoms with van der Waals surface area (Å²) in [6.45, 7) is 6.09. The Hall–Kier alpha value is -2.41. The molecule has 0 spiro atoms. The normalized spacial score (nSPS) is 10.3. The van der Waals surface area contributed by atoms with Gasteiger partial charge in [-0.1, -0.05) is 17.5 Å². The van der Waals surface area contributed by atoms with Gasteiger partial charge in [-0.25, -0.2) is 0 Å². The number of hydrogen-bond acceptors (Lipinski definition) is 6. The van der Waals surface area contributed by atoms with Gasteiger partial charge in [0.2, 0.25) is 0 Å². The summed E-state index contributed by atoms with van der Waals surface area (Å²) in [5, 5.41) is 6.86. The first-order valence-corrected chi connectivity index (χ1v) is 8.36. The Morgan fingerprint density at radius 3 is 2.79 bits per heavy atom. The molecule has 1 amide bonds. The molecule has 0 unspecified atom stereocenters. The molecule has 6 nitrogen and oxygen atoms in total. The number of nitrogens with zero attached hydrogens (tertiary/aromatic N) is 2. The van der Waals surface area contributed by atoms with Crippen LogP contribution in [0.1, 0.15) is 33.4 Å². The highest BCUT2D eigenvalue weighted by Crippen LogP contribution is 2.33. The summed E-state index contributed by atoms with van der Waals surface area (Å²) in [6.07, 6.45) is 3.13. The lowest BCUT2D eigenvalue weighted by Crippen LogP contribution is -2.23. The standard InChI is InChI=1S/C17H21N3O3S/c1-5-7-12-8-11(9-14(22-3)15(12)23-4)10-18-17(21)16-13(6-2)19-20-24-16/h5,8-9H,1,6-7,10H2,2-4H3,(H,18,21). The number of carbonyl (C=O) groups excluding carboxylic acids is 1. The van der Waals surface area contributed by atoms with Crippen LogP contribution in [0.4, 0.5) is 0 Å². The van der Waals surface area contributed by atoms with Crippen LogP contribution in [0, 0.1) is 0 Å². The van der Waals surface area contributed by atoms with Crippen molar-refractivity contribution in [3.63, 3.8) is 0 Å². The summed E-state index contributed by atoms with van der Waals surface area (Å²) in [5.41, 5.74) is 2.61. The van der Waals surface area contributed by atoms with Crippen LogP contribution in [0.2, 0.25) is 0 Å². The second-order valence-corrected chi connectivity index (χ2v) is 5.82. The second-order valence-electron chi connectivity index (χ2n) is 5.07. The molecule has 0 bridgehead atoms. The van der Waals surface area contributed by atoms with Crippen LogP contribution in [0.3, 0.4) is 0 Å². The maximum Gasteiger partial charge on any atom is 0.265 e. The molecule has 1 aromatic heterocycles. The van der Waals surface area contributed by atoms with Crippen molar-refractivity contribution in [2.75, 3.05) is 14.2 Å². The summed E-state index contributed by atoms with van der Waals surface area (Å²) < 4.78 is 14.6. The Bertz CT molecular complexity index is 728. The minimum absolute atomic E-state index is 0.165. The smallest absolute Gasteiger partial charge is 0.265 e. The van der Waals surface area contributed by atoms with Gasteiger partial charge in [-0.2, -0.15) is 0 Å². The molecule has 0 atom stereocenters. The molecule has 0 saturated heterocycles. The van der Waals surface area contributed by atoms with Crippen molar-refractivity contribution in [2.45, 2.75) is 26.3 Å². The first kappa shape index (κ1) is 17.9. The molecule has 1 N–H and O–H groups in total. The lowest BCUT2D eigenvalue weighted by Gasteiger charge is -2.14. The van der Waals surface area contributed by atoms with Crippen molar-refractivity contribution in [1.29, 1.82) is 0 Å². The number of aromatic nitrogens is 2. The fraction of sp³-hybridized carbons (Fsp3) is 0.353. The number of carbonyl (C=O) groups is 1. The molecule has 0 saturated carbocycles. The average Bonchev–Trinajstić information content (AvgIpc) is 3.08. The van der Waals surface area contributed by atoms with Crippen molar-refractivity contribution in [2.24, 2.45) is 0 Å². The number of aryl methyl sites for hydroxylation is 1. The van der Waals surface area contributed by atoms with Gasteiger partial charge in [0.15, 0.2) is 11.5 Å². The Morgan fingerprint density at radius 2 is 2.17 bits per heavy atom. The van der Waals surface area contributed by atoms with Gasteiger partial charge in [-0.05, 0) is 42.1 Å². The minimum Gasteiger partial charge on any atom is -0.493 e. The zero-order valence-corrected chi connectivity index (χ0v) is 14.9. The number of ether oxygens (including phenoxy) is 2. The molecule has 0 aliphatic rings. The molecule has 24 heavy (non-hydrogen) atoms. The third-order valence-electron chi connectivity index (χ3n) is 3.53. The van der Waals surface area contributed by atoms with Crippen LogP contribution < -0.4 is 14.8 Å². The number of hydrogen-bond donors (Lipinski definition) is 1. The molecule has 1 heterocycles. The topological polar surface area (TPSA) is 73.3 Å². The van der Waals surface area contributed by atoms with Crippen molar-refractivity contribution in [1.82, 2.24) is 14.9 Å². The molecule has 2 rings (SSSR count). The van der Waals surface area contributed by atoms with Crippen LogP contribution in [0.5, 0.6) is 11.5 Å². The fourth-order valence-corrected chi connectivity index (χ4v) is 3.06. The minimum atomic E-state index is -0.165. The van der Waals surface area contributed by atoms with Crippen LogP contribution in [0.15, 0.2) is 24.8 Å². The Labute approximate surface area is 145 Å². The van der Waals surface area contributed by atoms with E-state index < -0.39 is 0 Å². The maximum atomic E-state index is 12.3. The van der Waals surface area contributed by atoms with Crippen molar-refractivity contribution >= 4 is 17.4 Å². The first-order chi connectivity index (χ1) is 11.6. The van der Waals surface area contributed by atoms with Crippen LogP contribution in [-0.2, 0) is 19.4 Å². The van der Waals surface area contributed by atoms with E-state index in [0.29, 0.717) is 35.8 Å². The highest BCUT2D eigenvalue weighted by atomic mass is 32.1. The van der Waals surface area contributed by atoms with E-state index in [2.05, 4.69) is 21.5 Å². The predicted molar refractivity (Wildman–Crippen MR) is 93.9 cm³/mol. The number of rotatable bonds is 8. The monoisotopic (exact) mass is 347 g/mol. The number of allylic oxidation sites excluding steroid dienone is 1. The van der Waals surface area contributed by atoms with Gasteiger partial charge in [-0.3, -0.25) is 4.79 Å². The number of methoxy groups -OCH3 is 2. The highest BCUT2D eigenvalue weighted by Gasteiger charge is 2.16. The second kappa shape index (κ2) is 8.44. The molecule has 1 aromatic carbocycles. The summed E-state index contributed by atoms with van der Waals surface area (Å²) in [5.74, 6) is 1.16. The average molecular weight is 347 g/mol. The third-order valence-corrected chi connectivity index (χ3v) is 4.30. The molecular weight excluding hydrogens is 326 g/mol. The van der Waals surface area contributed by atoms with Gasteiger partial charge in [0.25, 0.3) is 5.91 Å². The summed E-state index contributed by atoms with van der Waals surface area (Å²) >= 11 is 1.11. The van der Waals surface area contributed by atoms with E-state index in [1.165, 1.54) is 0 Å². The van der Waals surface area contributed by atoms with E-state index in [4.69, 9.17) is 9.47 Å². The lowest BCUT2D eigenvalue weighted by molar-refractivity contribution is 0.0954. The molecule has 0 aliphatic heterocycles. The Balaban J connectivity index is 2.18. The van der Waals surface area contributed by atoms with Gasteiger partial charge in [0.05, 0.1) is 19.9 Å². The fourth-order valence-electron chi connectivity index (χ4n) is 2.39. The van der Waals surface area contributed by atoms with Crippen LogP contribution in [0.25, 0.3) is 0 Å². The SMILES string of the molecule is C=CCc1cc(CNC(=O)c2snnc2CC)cc(OC)c1OC. The van der Waals surface area contributed by atoms with Crippen molar-refractivity contribution in [3.05, 3.63) is 46.5 Å². The quantitative estimate of drug-likeness (QED) is 0.743. The van der Waals surface area contributed by atoms with Gasteiger partial charge >= 0.3 is 0 Å². The van der Waals surface area contributed by atoms with E-state index in [9.17, 15) is 4.79 Å². The number of benzene rings is 1. The van der Waals surface area contributed by atoms with E-state index >= 15 is 0 Å². The molecule has 7 heteroatoms. The Kier molecular flexibility index (Phi) is 6.31. The summed E-state index contributed by atoms with van der Waals surface area (Å²) in [7, 11) is 3.20. The largest absolute Gasteiger partial charge is 0.493 e. The van der Waals surface area contributed by atoms with Crippen molar-refractivity contribution in [3.8, 4) is 11.5 Å². The van der Waals surface area contributed by atoms with E-state index in [1.54, 1.807) is 20.3 Å². The number of amides is 1. The molecule has 2 aromatic rings. The van der Waals surface area contributed by atoms with E-state index in [1.807, 2.05) is 19.1 Å². The van der Waals surface area contributed by atoms with Gasteiger partial charge in [0.1, 0.15) is 4.88 Å². The van der Waals surface area contributed by atoms with E-state index in [0.717, 1.165) is 28.4 Å². The first-order valence-electron chi connectivity index (χ1n) is 7.58. The predicted octanol–water partition coefficient (Wildman–Crippen LogP) is 2.78. The van der Waals surface area contributed by atoms with Gasteiger partial charge in [0, 0.05) is 12.1 Å². The third kappa shape index (κ3) is 3.91. The van der Waals surface area contributed by atoms with Gasteiger partial charge < -0.3 is 14.8 Å². The molecule has 0 aliphatic carbocycles. The van der Waals surface area contributed by atoms with Crippen molar-refractivity contribution < 1.29 is 14.3 Å². The highest BCUT2D eigenvalue weighted by molar-refractivity contribution is 7.08. The Morgan fingerprint density at radius 1 is 1.38 bits per heavy atom. The zero-order valence-electron chi connectivity index (χ0n) is 14.1.